The Labute approximate surface area is 84.9 Å². The molecule has 6 nitrogen and oxygen atoms in total. The molecule has 2 rings (SSSR count). The molecule has 0 saturated heterocycles. The Kier molecular flexibility index (Phi) is 3.74. The molecule has 0 bridgehead atoms. The summed E-state index contributed by atoms with van der Waals surface area (Å²) >= 11 is 1.01. The van der Waals surface area contributed by atoms with Crippen LogP contribution in [0.5, 0.6) is 0 Å². The zero-order valence-electron chi connectivity index (χ0n) is 6.99. The van der Waals surface area contributed by atoms with Gasteiger partial charge in [-0.1, -0.05) is 0 Å². The molecule has 0 aromatic carbocycles. The lowest BCUT2D eigenvalue weighted by Gasteiger charge is -1.84. The Hall–Kier alpha value is -1.25. The minimum atomic E-state index is -3.55. The molecule has 0 amide bonds. The number of H-pyrrole nitrogens is 1. The first-order chi connectivity index (χ1) is 6.61. The highest BCUT2D eigenvalue weighted by molar-refractivity contribution is 7.91. The number of rotatable bonds is 1. The van der Waals surface area contributed by atoms with E-state index in [4.69, 9.17) is 5.14 Å². The summed E-state index contributed by atoms with van der Waals surface area (Å²) in [5.74, 6) is 0. The van der Waals surface area contributed by atoms with Crippen LogP contribution in [0.1, 0.15) is 0 Å². The Bertz CT molecular complexity index is 417. The van der Waals surface area contributed by atoms with Gasteiger partial charge >= 0.3 is 0 Å². The fourth-order valence-electron chi connectivity index (χ4n) is 0.566. The molecule has 0 atom stereocenters. The molecule has 0 aliphatic rings. The maximum absolute atomic E-state index is 10.4. The first-order valence-electron chi connectivity index (χ1n) is 3.47. The monoisotopic (exact) mass is 232 g/mol. The summed E-state index contributed by atoms with van der Waals surface area (Å²) in [4.78, 5) is 3.49. The summed E-state index contributed by atoms with van der Waals surface area (Å²) in [6.45, 7) is 0. The van der Waals surface area contributed by atoms with Crippen LogP contribution in [0.25, 0.3) is 0 Å². The summed E-state index contributed by atoms with van der Waals surface area (Å²) < 4.78 is 20.8. The van der Waals surface area contributed by atoms with Crippen LogP contribution in [-0.2, 0) is 10.0 Å². The first kappa shape index (κ1) is 10.8. The number of nitrogens with zero attached hydrogens (tertiary/aromatic N) is 2. The van der Waals surface area contributed by atoms with Gasteiger partial charge in [-0.2, -0.15) is 5.10 Å². The van der Waals surface area contributed by atoms with E-state index in [0.717, 1.165) is 11.3 Å². The van der Waals surface area contributed by atoms with Crippen LogP contribution in [0.15, 0.2) is 34.4 Å². The second kappa shape index (κ2) is 4.84. The maximum atomic E-state index is 10.4. The largest absolute Gasteiger partial charge is 0.286 e. The van der Waals surface area contributed by atoms with Crippen molar-refractivity contribution in [3.8, 4) is 0 Å². The van der Waals surface area contributed by atoms with Crippen molar-refractivity contribution in [2.24, 2.45) is 5.14 Å². The zero-order valence-corrected chi connectivity index (χ0v) is 8.62. The van der Waals surface area contributed by atoms with E-state index in [0.29, 0.717) is 0 Å². The van der Waals surface area contributed by atoms with Crippen LogP contribution in [0.2, 0.25) is 0 Å². The average Bonchev–Trinajstić information content (AvgIpc) is 2.80. The lowest BCUT2D eigenvalue weighted by atomic mass is 10.8. The predicted octanol–water partition coefficient (Wildman–Crippen LogP) is 0.200. The van der Waals surface area contributed by atoms with Crippen LogP contribution in [0.4, 0.5) is 0 Å². The van der Waals surface area contributed by atoms with Gasteiger partial charge in [0.2, 0.25) is 4.34 Å². The van der Waals surface area contributed by atoms with Crippen LogP contribution in [-0.4, -0.2) is 23.6 Å². The van der Waals surface area contributed by atoms with Gasteiger partial charge in [-0.05, 0) is 6.07 Å². The normalized spacial score (nSPS) is 10.4. The number of sulfonamides is 1. The molecule has 0 radical (unpaired) electrons. The van der Waals surface area contributed by atoms with Gasteiger partial charge in [0.1, 0.15) is 0 Å². The second-order valence-electron chi connectivity index (χ2n) is 2.11. The van der Waals surface area contributed by atoms with E-state index in [1.807, 2.05) is 6.07 Å². The molecule has 76 valence electrons. The van der Waals surface area contributed by atoms with Crippen molar-refractivity contribution in [1.82, 2.24) is 15.2 Å². The number of aromatic nitrogens is 3. The minimum absolute atomic E-state index is 0.0394. The highest BCUT2D eigenvalue weighted by atomic mass is 32.2. The summed E-state index contributed by atoms with van der Waals surface area (Å²) in [6, 6.07) is 1.83. The molecule has 0 saturated carbocycles. The maximum Gasteiger partial charge on any atom is 0.265 e. The molecule has 2 aromatic heterocycles. The summed E-state index contributed by atoms with van der Waals surface area (Å²) in [7, 11) is -3.55. The molecule has 0 unspecified atom stereocenters. The molecule has 0 fully saturated rings. The van der Waals surface area contributed by atoms with Gasteiger partial charge in [0.15, 0.2) is 0 Å². The van der Waals surface area contributed by atoms with E-state index in [1.54, 1.807) is 17.8 Å². The Morgan fingerprint density at radius 2 is 2.21 bits per heavy atom. The zero-order chi connectivity index (χ0) is 10.4. The van der Waals surface area contributed by atoms with E-state index in [9.17, 15) is 8.42 Å². The SMILES string of the molecule is NS(=O)(=O)c1nccs1.c1cn[nH]c1. The van der Waals surface area contributed by atoms with Gasteiger partial charge in [-0.15, -0.1) is 11.3 Å². The first-order valence-corrected chi connectivity index (χ1v) is 5.89. The quantitative estimate of drug-likeness (QED) is 0.733. The van der Waals surface area contributed by atoms with Crippen LogP contribution < -0.4 is 5.14 Å². The number of primary sulfonamides is 1. The van der Waals surface area contributed by atoms with E-state index < -0.39 is 10.0 Å². The van der Waals surface area contributed by atoms with Gasteiger partial charge in [-0.3, -0.25) is 5.10 Å². The Balaban J connectivity index is 0.000000165. The Morgan fingerprint density at radius 3 is 2.43 bits per heavy atom. The molecule has 2 aromatic rings. The van der Waals surface area contributed by atoms with Crippen molar-refractivity contribution in [3.63, 3.8) is 0 Å². The molecule has 8 heteroatoms. The van der Waals surface area contributed by atoms with Crippen molar-refractivity contribution in [1.29, 1.82) is 0 Å². The minimum Gasteiger partial charge on any atom is -0.286 e. The average molecular weight is 232 g/mol. The van der Waals surface area contributed by atoms with Crippen LogP contribution in [0.3, 0.4) is 0 Å². The smallest absolute Gasteiger partial charge is 0.265 e. The summed E-state index contributed by atoms with van der Waals surface area (Å²) in [6.07, 6.45) is 4.85. The lowest BCUT2D eigenvalue weighted by molar-refractivity contribution is 0.597. The molecule has 0 aliphatic carbocycles. The summed E-state index contributed by atoms with van der Waals surface area (Å²) in [5.41, 5.74) is 0. The second-order valence-corrected chi connectivity index (χ2v) is 4.74. The summed E-state index contributed by atoms with van der Waals surface area (Å²) in [5, 5.41) is 12.5. The van der Waals surface area contributed by atoms with E-state index in [2.05, 4.69) is 15.2 Å². The van der Waals surface area contributed by atoms with Gasteiger partial charge in [0.25, 0.3) is 10.0 Å². The van der Waals surface area contributed by atoms with Gasteiger partial charge in [0.05, 0.1) is 0 Å². The molecule has 3 N–H and O–H groups in total. The van der Waals surface area contributed by atoms with E-state index >= 15 is 0 Å². The third-order valence-corrected chi connectivity index (χ3v) is 3.20. The van der Waals surface area contributed by atoms with Crippen LogP contribution in [0, 0.1) is 0 Å². The van der Waals surface area contributed by atoms with Crippen molar-refractivity contribution >= 4 is 21.4 Å². The predicted molar refractivity (Wildman–Crippen MR) is 52.1 cm³/mol. The lowest BCUT2D eigenvalue weighted by Crippen LogP contribution is -2.11. The molecule has 2 heterocycles. The van der Waals surface area contributed by atoms with Crippen LogP contribution >= 0.6 is 11.3 Å². The molecular weight excluding hydrogens is 224 g/mol. The number of hydrogen-bond acceptors (Lipinski definition) is 5. The van der Waals surface area contributed by atoms with Crippen molar-refractivity contribution in [2.45, 2.75) is 4.34 Å². The standard InChI is InChI=1S/C3H4N2O2S2.C3H4N2/c4-9(6,7)3-5-1-2-8-3;1-2-4-5-3-1/h1-2H,(H2,4,6,7);1-3H,(H,4,5). The van der Waals surface area contributed by atoms with Crippen molar-refractivity contribution < 1.29 is 8.42 Å². The number of nitrogens with two attached hydrogens (primary N) is 1. The topological polar surface area (TPSA) is 102 Å². The fraction of sp³-hybridized carbons (Fsp3) is 0. The molecule has 14 heavy (non-hydrogen) atoms. The molecular formula is C6H8N4O2S2. The van der Waals surface area contributed by atoms with Crippen molar-refractivity contribution in [2.75, 3.05) is 0 Å². The highest BCUT2D eigenvalue weighted by Crippen LogP contribution is 2.07. The van der Waals surface area contributed by atoms with E-state index in [-0.39, 0.29) is 4.34 Å². The molecule has 0 spiro atoms. The van der Waals surface area contributed by atoms with Gasteiger partial charge in [0, 0.05) is 24.0 Å². The number of thiazole rings is 1. The Morgan fingerprint density at radius 1 is 1.43 bits per heavy atom. The highest BCUT2D eigenvalue weighted by Gasteiger charge is 2.08. The fourth-order valence-corrected chi connectivity index (χ4v) is 1.84. The number of aromatic amines is 1. The van der Waals surface area contributed by atoms with Gasteiger partial charge < -0.3 is 0 Å². The van der Waals surface area contributed by atoms with E-state index in [1.165, 1.54) is 6.20 Å². The molecule has 0 aliphatic heterocycles. The van der Waals surface area contributed by atoms with Gasteiger partial charge in [-0.25, -0.2) is 18.5 Å². The van der Waals surface area contributed by atoms with Crippen molar-refractivity contribution in [3.05, 3.63) is 30.0 Å². The number of hydrogen-bond donors (Lipinski definition) is 2. The number of nitrogens with one attached hydrogen (secondary N) is 1. The third-order valence-electron chi connectivity index (χ3n) is 1.06. The third kappa shape index (κ3) is 3.64.